The summed E-state index contributed by atoms with van der Waals surface area (Å²) in [7, 11) is 0. The van der Waals surface area contributed by atoms with Gasteiger partial charge in [0.05, 0.1) is 0 Å². The van der Waals surface area contributed by atoms with E-state index in [1.807, 2.05) is 0 Å². The van der Waals surface area contributed by atoms with Gasteiger partial charge in [0, 0.05) is 0 Å². The van der Waals surface area contributed by atoms with E-state index < -0.39 is 36.6 Å². The van der Waals surface area contributed by atoms with Crippen molar-refractivity contribution >= 4 is 21.8 Å². The van der Waals surface area contributed by atoms with Gasteiger partial charge in [0.1, 0.15) is 0 Å². The molecule has 0 aliphatic carbocycles. The van der Waals surface area contributed by atoms with Gasteiger partial charge in [0.25, 0.3) is 0 Å². The van der Waals surface area contributed by atoms with Gasteiger partial charge < -0.3 is 0 Å². The van der Waals surface area contributed by atoms with Crippen molar-refractivity contribution in [1.29, 1.82) is 0 Å². The second-order valence-corrected chi connectivity index (χ2v) is 11.7. The average molecular weight is 321 g/mol. The Kier molecular flexibility index (Phi) is 3.12. The Hall–Kier alpha value is -1.96. The predicted molar refractivity (Wildman–Crippen MR) is 40.1 cm³/mol. The van der Waals surface area contributed by atoms with Crippen LogP contribution in [0.5, 0.6) is 0 Å². The van der Waals surface area contributed by atoms with Crippen LogP contribution in [0, 0.1) is 0 Å². The summed E-state index contributed by atoms with van der Waals surface area (Å²) in [5.41, 5.74) is 0. The molecular formula is C5H5MoO10. The molecule has 0 saturated heterocycles. The Labute approximate surface area is 86.6 Å². The average Bonchev–Trinajstić information content (AvgIpc) is 2.00. The van der Waals surface area contributed by atoms with Gasteiger partial charge in [-0.15, -0.1) is 0 Å². The van der Waals surface area contributed by atoms with Crippen LogP contribution in [-0.2, 0) is 14.8 Å². The molecule has 0 atom stereocenters. The summed E-state index contributed by atoms with van der Waals surface area (Å²) in [6.07, 6.45) is 0. The number of hydrogen-bond donors (Lipinski definition) is 5. The van der Waals surface area contributed by atoms with Crippen LogP contribution >= 0.6 is 0 Å². The van der Waals surface area contributed by atoms with Crippen molar-refractivity contribution in [2.45, 2.75) is 0 Å². The molecule has 0 bridgehead atoms. The number of hydrogen-bond acceptors (Lipinski definition) is 5. The molecule has 0 saturated carbocycles. The molecule has 0 aromatic heterocycles. The first-order valence-electron chi connectivity index (χ1n) is 3.16. The van der Waals surface area contributed by atoms with Gasteiger partial charge in [-0.2, -0.15) is 0 Å². The summed E-state index contributed by atoms with van der Waals surface area (Å²) < 4.78 is -14.2. The van der Waals surface area contributed by atoms with Gasteiger partial charge in [0.15, 0.2) is 0 Å². The minimum atomic E-state index is -7.99. The van der Waals surface area contributed by atoms with E-state index >= 15 is 0 Å². The summed E-state index contributed by atoms with van der Waals surface area (Å²) in [4.78, 5) is 53.4. The summed E-state index contributed by atoms with van der Waals surface area (Å²) in [6.45, 7) is 0. The van der Waals surface area contributed by atoms with Crippen LogP contribution in [0.1, 0.15) is 0 Å². The van der Waals surface area contributed by atoms with Gasteiger partial charge in [-0.05, 0) is 0 Å². The third kappa shape index (κ3) is 1.01. The maximum absolute atomic E-state index is 10.7. The number of rotatable bonds is 5. The molecule has 11 heteroatoms. The van der Waals surface area contributed by atoms with Crippen molar-refractivity contribution in [3.8, 4) is 0 Å². The van der Waals surface area contributed by atoms with Gasteiger partial charge in [-0.3, -0.25) is 0 Å². The molecule has 0 unspecified atom stereocenters. The van der Waals surface area contributed by atoms with E-state index in [1.54, 1.807) is 0 Å². The van der Waals surface area contributed by atoms with Crippen molar-refractivity contribution in [3.63, 3.8) is 0 Å². The molecule has 0 fully saturated rings. The molecule has 91 valence electrons. The zero-order valence-corrected chi connectivity index (χ0v) is 9.19. The van der Waals surface area contributed by atoms with Crippen LogP contribution < -0.4 is 0 Å². The fraction of sp³-hybridized carbons (Fsp3) is 0. The van der Waals surface area contributed by atoms with Gasteiger partial charge in [-0.25, -0.2) is 0 Å². The maximum atomic E-state index is 10.7. The van der Waals surface area contributed by atoms with Gasteiger partial charge >= 0.3 is 86.1 Å². The molecule has 5 N–H and O–H groups in total. The van der Waals surface area contributed by atoms with E-state index in [2.05, 4.69) is 0 Å². The summed E-state index contributed by atoms with van der Waals surface area (Å²) >= 11 is -7.99. The second kappa shape index (κ2) is 3.56. The molecule has 0 rings (SSSR count). The molecule has 16 heavy (non-hydrogen) atoms. The van der Waals surface area contributed by atoms with Crippen LogP contribution in [0.25, 0.3) is 0 Å². The van der Waals surface area contributed by atoms with Crippen molar-refractivity contribution in [2.24, 2.45) is 0 Å². The van der Waals surface area contributed by atoms with Gasteiger partial charge in [-0.1, -0.05) is 0 Å². The quantitative estimate of drug-likeness (QED) is 0.458. The normalized spacial score (nSPS) is 13.1. The topological polar surface area (TPSA) is 186 Å². The molecule has 0 aromatic rings. The Balaban J connectivity index is 6.80. The number of carbonyl (C=O) groups is 5. The molecular weight excluding hydrogens is 316 g/mol. The SMILES string of the molecule is O=[C](O)[Mo]([C](=O)O)([C](=O)O)([C](=O)O)[C](=O)O. The van der Waals surface area contributed by atoms with Crippen molar-refractivity contribution in [1.82, 2.24) is 0 Å². The zero-order chi connectivity index (χ0) is 13.3. The van der Waals surface area contributed by atoms with Gasteiger partial charge in [0.2, 0.25) is 0 Å². The van der Waals surface area contributed by atoms with E-state index in [9.17, 15) is 24.0 Å². The Bertz CT molecular complexity index is 322. The molecule has 0 radical (unpaired) electrons. The first-order chi connectivity index (χ1) is 7.06. The minimum absolute atomic E-state index is 2.85. The van der Waals surface area contributed by atoms with E-state index in [0.717, 1.165) is 0 Å². The second-order valence-electron chi connectivity index (χ2n) is 2.35. The summed E-state index contributed by atoms with van der Waals surface area (Å²) in [5.74, 6) is 0. The summed E-state index contributed by atoms with van der Waals surface area (Å²) in [6, 6.07) is 0. The molecule has 0 aromatic carbocycles. The van der Waals surface area contributed by atoms with Crippen LogP contribution in [0.3, 0.4) is 0 Å². The Morgan fingerprint density at radius 1 is 0.500 bits per heavy atom. The zero-order valence-electron chi connectivity index (χ0n) is 7.19. The standard InChI is InChI=1S/5CHO2.Mo/c5*2-1-3;/h5*(H,2,3);. The molecule has 0 spiro atoms. The van der Waals surface area contributed by atoms with E-state index in [4.69, 9.17) is 25.5 Å². The van der Waals surface area contributed by atoms with Crippen molar-refractivity contribution in [2.75, 3.05) is 0 Å². The van der Waals surface area contributed by atoms with Crippen LogP contribution in [0.2, 0.25) is 0 Å². The fourth-order valence-electron chi connectivity index (χ4n) is 0.747. The fourth-order valence-corrected chi connectivity index (χ4v) is 4.42. The van der Waals surface area contributed by atoms with Crippen LogP contribution in [0.4, 0.5) is 24.0 Å². The van der Waals surface area contributed by atoms with E-state index in [-0.39, 0.29) is 0 Å². The molecule has 10 nitrogen and oxygen atoms in total. The monoisotopic (exact) mass is 323 g/mol. The molecule has 0 aliphatic heterocycles. The molecule has 0 amide bonds. The third-order valence-electron chi connectivity index (χ3n) is 1.75. The number of carboxylic acid groups (broad SMARTS) is 5. The third-order valence-corrected chi connectivity index (χ3v) is 10.3. The van der Waals surface area contributed by atoms with Crippen molar-refractivity contribution < 1.29 is 64.3 Å². The predicted octanol–water partition coefficient (Wildman–Crippen LogP) is 1.07. The van der Waals surface area contributed by atoms with E-state index in [0.29, 0.717) is 0 Å². The molecule has 0 aliphatic rings. The molecule has 0 heterocycles. The van der Waals surface area contributed by atoms with Crippen LogP contribution in [-0.4, -0.2) is 47.3 Å². The van der Waals surface area contributed by atoms with E-state index in [1.165, 1.54) is 0 Å². The van der Waals surface area contributed by atoms with Crippen LogP contribution in [0.15, 0.2) is 0 Å². The first kappa shape index (κ1) is 14.0. The first-order valence-corrected chi connectivity index (χ1v) is 8.18. The Morgan fingerprint density at radius 2 is 0.625 bits per heavy atom. The Morgan fingerprint density at radius 3 is 0.625 bits per heavy atom. The van der Waals surface area contributed by atoms with Crippen molar-refractivity contribution in [3.05, 3.63) is 0 Å². The summed E-state index contributed by atoms with van der Waals surface area (Å²) in [5, 5.41) is 42.6.